The van der Waals surface area contributed by atoms with E-state index in [-0.39, 0.29) is 13.2 Å². The molecular formula is C9H11O2. The van der Waals surface area contributed by atoms with Gasteiger partial charge in [-0.05, 0) is 19.1 Å². The van der Waals surface area contributed by atoms with E-state index in [1.54, 1.807) is 0 Å². The maximum atomic E-state index is 10.0. The fraction of sp³-hybridized carbons (Fsp3) is 0.333. The van der Waals surface area contributed by atoms with Gasteiger partial charge in [-0.15, -0.1) is 0 Å². The van der Waals surface area contributed by atoms with Crippen molar-refractivity contribution in [2.45, 2.75) is 6.92 Å². The molecule has 0 atom stereocenters. The standard InChI is InChI=1S/C9H11O2/c1-8-2-4-9(5-3-8)11-7-6-10/h2-5H,6-7H2,1H3. The van der Waals surface area contributed by atoms with E-state index in [9.17, 15) is 5.11 Å². The van der Waals surface area contributed by atoms with Gasteiger partial charge in [0.25, 0.3) is 0 Å². The summed E-state index contributed by atoms with van der Waals surface area (Å²) in [5.74, 6) is 0.770. The van der Waals surface area contributed by atoms with E-state index >= 15 is 0 Å². The Kier molecular flexibility index (Phi) is 2.93. The van der Waals surface area contributed by atoms with E-state index in [1.807, 2.05) is 31.2 Å². The van der Waals surface area contributed by atoms with E-state index in [0.717, 1.165) is 5.75 Å². The Hall–Kier alpha value is -1.02. The summed E-state index contributed by atoms with van der Waals surface area (Å²) in [6.45, 7) is 2.08. The molecular weight excluding hydrogens is 140 g/mol. The van der Waals surface area contributed by atoms with Gasteiger partial charge >= 0.3 is 0 Å². The van der Waals surface area contributed by atoms with Gasteiger partial charge in [0.2, 0.25) is 0 Å². The second-order valence-corrected chi connectivity index (χ2v) is 2.37. The molecule has 1 aromatic rings. The van der Waals surface area contributed by atoms with Gasteiger partial charge in [-0.1, -0.05) is 17.7 Å². The zero-order chi connectivity index (χ0) is 8.10. The van der Waals surface area contributed by atoms with E-state index in [1.165, 1.54) is 5.56 Å². The first-order valence-electron chi connectivity index (χ1n) is 3.60. The predicted molar refractivity (Wildman–Crippen MR) is 42.2 cm³/mol. The third-order valence-electron chi connectivity index (χ3n) is 1.37. The number of ether oxygens (including phenoxy) is 1. The molecule has 1 radical (unpaired) electrons. The number of rotatable bonds is 3. The number of hydrogen-bond acceptors (Lipinski definition) is 1. The molecule has 0 amide bonds. The maximum Gasteiger partial charge on any atom is 0.119 e. The largest absolute Gasteiger partial charge is 0.491 e. The lowest BCUT2D eigenvalue weighted by molar-refractivity contribution is 0.138. The average molecular weight is 151 g/mol. The molecule has 0 unspecified atom stereocenters. The molecule has 59 valence electrons. The molecule has 0 aliphatic rings. The van der Waals surface area contributed by atoms with Crippen molar-refractivity contribution in [3.05, 3.63) is 29.8 Å². The van der Waals surface area contributed by atoms with Gasteiger partial charge in [-0.2, -0.15) is 0 Å². The minimum Gasteiger partial charge on any atom is -0.491 e. The van der Waals surface area contributed by atoms with Crippen LogP contribution in [0, 0.1) is 6.92 Å². The highest BCUT2D eigenvalue weighted by Gasteiger charge is 1.90. The van der Waals surface area contributed by atoms with Crippen molar-refractivity contribution in [3.63, 3.8) is 0 Å². The zero-order valence-electron chi connectivity index (χ0n) is 6.54. The summed E-state index contributed by atoms with van der Waals surface area (Å²) in [5.41, 5.74) is 1.19. The van der Waals surface area contributed by atoms with Crippen molar-refractivity contribution in [2.24, 2.45) is 0 Å². The third kappa shape index (κ3) is 2.60. The van der Waals surface area contributed by atoms with Crippen LogP contribution < -0.4 is 4.74 Å². The molecule has 0 spiro atoms. The summed E-state index contributed by atoms with van der Waals surface area (Å²) in [6.07, 6.45) is 0. The Balaban J connectivity index is 2.52. The quantitative estimate of drug-likeness (QED) is 0.647. The van der Waals surface area contributed by atoms with Crippen molar-refractivity contribution in [2.75, 3.05) is 13.2 Å². The summed E-state index contributed by atoms with van der Waals surface area (Å²) in [5, 5.41) is 10.0. The van der Waals surface area contributed by atoms with Gasteiger partial charge in [0.15, 0.2) is 0 Å². The van der Waals surface area contributed by atoms with Gasteiger partial charge < -0.3 is 4.74 Å². The fourth-order valence-electron chi connectivity index (χ4n) is 0.794. The molecule has 0 aromatic heterocycles. The average Bonchev–Trinajstić information content (AvgIpc) is 2.04. The summed E-state index contributed by atoms with van der Waals surface area (Å²) in [6, 6.07) is 7.65. The van der Waals surface area contributed by atoms with Crippen molar-refractivity contribution in [1.29, 1.82) is 0 Å². The summed E-state index contributed by atoms with van der Waals surface area (Å²) in [7, 11) is 0. The van der Waals surface area contributed by atoms with Crippen LogP contribution in [0.1, 0.15) is 5.56 Å². The number of aryl methyl sites for hydroxylation is 1. The summed E-state index contributed by atoms with van der Waals surface area (Å²) in [4.78, 5) is 0. The number of hydrogen-bond donors (Lipinski definition) is 0. The first-order valence-corrected chi connectivity index (χ1v) is 3.60. The molecule has 0 saturated carbocycles. The Labute approximate surface area is 66.4 Å². The lowest BCUT2D eigenvalue weighted by Crippen LogP contribution is -2.00. The van der Waals surface area contributed by atoms with Crippen LogP contribution in [0.2, 0.25) is 0 Å². The molecule has 1 rings (SSSR count). The molecule has 2 heteroatoms. The SMILES string of the molecule is Cc1ccc(OCC[O])cc1. The minimum atomic E-state index is -0.187. The van der Waals surface area contributed by atoms with E-state index in [2.05, 4.69) is 0 Å². The molecule has 11 heavy (non-hydrogen) atoms. The van der Waals surface area contributed by atoms with Crippen LogP contribution in [0.4, 0.5) is 0 Å². The molecule has 0 heterocycles. The topological polar surface area (TPSA) is 29.1 Å². The van der Waals surface area contributed by atoms with Crippen LogP contribution in [0.5, 0.6) is 5.75 Å². The normalized spacial score (nSPS) is 9.64. The predicted octanol–water partition coefficient (Wildman–Crippen LogP) is 1.80. The fourth-order valence-corrected chi connectivity index (χ4v) is 0.794. The van der Waals surface area contributed by atoms with Crippen LogP contribution in [-0.4, -0.2) is 13.2 Å². The van der Waals surface area contributed by atoms with Crippen LogP contribution >= 0.6 is 0 Å². The van der Waals surface area contributed by atoms with Crippen LogP contribution in [0.25, 0.3) is 0 Å². The molecule has 0 bridgehead atoms. The Bertz CT molecular complexity index is 203. The summed E-state index contributed by atoms with van der Waals surface area (Å²) < 4.78 is 5.10. The van der Waals surface area contributed by atoms with Crippen LogP contribution in [-0.2, 0) is 5.11 Å². The molecule has 2 nitrogen and oxygen atoms in total. The first kappa shape index (κ1) is 8.08. The Morgan fingerprint density at radius 2 is 1.91 bits per heavy atom. The third-order valence-corrected chi connectivity index (χ3v) is 1.37. The highest BCUT2D eigenvalue weighted by molar-refractivity contribution is 5.26. The maximum absolute atomic E-state index is 10.0. The van der Waals surface area contributed by atoms with Crippen LogP contribution in [0.15, 0.2) is 24.3 Å². The molecule has 0 fully saturated rings. The molecule has 0 N–H and O–H groups in total. The van der Waals surface area contributed by atoms with Gasteiger partial charge in [0.05, 0.1) is 0 Å². The number of benzene rings is 1. The lowest BCUT2D eigenvalue weighted by Gasteiger charge is -2.02. The molecule has 0 aliphatic carbocycles. The van der Waals surface area contributed by atoms with Gasteiger partial charge in [0.1, 0.15) is 19.0 Å². The Morgan fingerprint density at radius 1 is 1.27 bits per heavy atom. The molecule has 0 aliphatic heterocycles. The lowest BCUT2D eigenvalue weighted by atomic mass is 10.2. The summed E-state index contributed by atoms with van der Waals surface area (Å²) >= 11 is 0. The van der Waals surface area contributed by atoms with E-state index in [4.69, 9.17) is 4.74 Å². The van der Waals surface area contributed by atoms with Gasteiger partial charge in [-0.25, -0.2) is 5.11 Å². The van der Waals surface area contributed by atoms with Gasteiger partial charge in [0, 0.05) is 0 Å². The Morgan fingerprint density at radius 3 is 2.45 bits per heavy atom. The zero-order valence-corrected chi connectivity index (χ0v) is 6.54. The monoisotopic (exact) mass is 151 g/mol. The minimum absolute atomic E-state index is 0.187. The highest BCUT2D eigenvalue weighted by Crippen LogP contribution is 2.10. The van der Waals surface area contributed by atoms with Crippen molar-refractivity contribution in [3.8, 4) is 5.75 Å². The first-order chi connectivity index (χ1) is 5.33. The van der Waals surface area contributed by atoms with E-state index < -0.39 is 0 Å². The highest BCUT2D eigenvalue weighted by atomic mass is 16.5. The second-order valence-electron chi connectivity index (χ2n) is 2.37. The van der Waals surface area contributed by atoms with Gasteiger partial charge in [-0.3, -0.25) is 0 Å². The smallest absolute Gasteiger partial charge is 0.119 e. The second kappa shape index (κ2) is 3.98. The molecule has 1 aromatic carbocycles. The molecule has 0 saturated heterocycles. The van der Waals surface area contributed by atoms with Crippen LogP contribution in [0.3, 0.4) is 0 Å². The van der Waals surface area contributed by atoms with Crippen molar-refractivity contribution >= 4 is 0 Å². The van der Waals surface area contributed by atoms with Crippen molar-refractivity contribution in [1.82, 2.24) is 0 Å². The van der Waals surface area contributed by atoms with E-state index in [0.29, 0.717) is 0 Å². The van der Waals surface area contributed by atoms with Crippen molar-refractivity contribution < 1.29 is 9.84 Å².